The van der Waals surface area contributed by atoms with Gasteiger partial charge in [-0.15, -0.1) is 0 Å². The molecule has 1 saturated heterocycles. The highest BCUT2D eigenvalue weighted by Gasteiger charge is 2.16. The van der Waals surface area contributed by atoms with Crippen molar-refractivity contribution in [2.45, 2.75) is 20.0 Å². The maximum absolute atomic E-state index is 5.71. The Hall–Kier alpha value is -1.40. The first kappa shape index (κ1) is 14.0. The van der Waals surface area contributed by atoms with E-state index in [2.05, 4.69) is 32.4 Å². The molecule has 1 aromatic heterocycles. The molecule has 2 rings (SSSR count). The van der Waals surface area contributed by atoms with Gasteiger partial charge in [0, 0.05) is 39.3 Å². The van der Waals surface area contributed by atoms with Crippen molar-refractivity contribution in [3.05, 3.63) is 11.9 Å². The van der Waals surface area contributed by atoms with Gasteiger partial charge in [0.2, 0.25) is 0 Å². The van der Waals surface area contributed by atoms with E-state index in [1.165, 1.54) is 0 Å². The minimum atomic E-state index is 0.219. The van der Waals surface area contributed by atoms with E-state index in [4.69, 9.17) is 4.74 Å². The third-order valence-corrected chi connectivity index (χ3v) is 3.06. The predicted octanol–water partition coefficient (Wildman–Crippen LogP) is 0.641. The molecule has 0 amide bonds. The van der Waals surface area contributed by atoms with Gasteiger partial charge in [-0.25, -0.2) is 9.97 Å². The Morgan fingerprint density at radius 2 is 2.37 bits per heavy atom. The molecule has 1 aromatic rings. The quantitative estimate of drug-likeness (QED) is 0.815. The van der Waals surface area contributed by atoms with Crippen LogP contribution in [0.4, 0.5) is 11.6 Å². The molecule has 0 spiro atoms. The van der Waals surface area contributed by atoms with Crippen molar-refractivity contribution in [1.29, 1.82) is 0 Å². The number of rotatable bonds is 5. The van der Waals surface area contributed by atoms with Crippen LogP contribution >= 0.6 is 0 Å². The van der Waals surface area contributed by atoms with Crippen LogP contribution in [0.5, 0.6) is 0 Å². The number of hydrogen-bond acceptors (Lipinski definition) is 6. The fourth-order valence-corrected chi connectivity index (χ4v) is 2.16. The lowest BCUT2D eigenvalue weighted by Gasteiger charge is -2.28. The Morgan fingerprint density at radius 3 is 3.05 bits per heavy atom. The molecule has 0 aromatic carbocycles. The van der Waals surface area contributed by atoms with Gasteiger partial charge in [-0.1, -0.05) is 0 Å². The van der Waals surface area contributed by atoms with Gasteiger partial charge in [0.05, 0.1) is 12.7 Å². The number of aryl methyl sites for hydroxylation is 1. The first-order chi connectivity index (χ1) is 9.19. The summed E-state index contributed by atoms with van der Waals surface area (Å²) in [6, 6.07) is 1.98. The van der Waals surface area contributed by atoms with Crippen molar-refractivity contribution in [3.8, 4) is 0 Å². The van der Waals surface area contributed by atoms with Gasteiger partial charge in [-0.3, -0.25) is 0 Å². The zero-order valence-corrected chi connectivity index (χ0v) is 11.9. The number of nitrogens with zero attached hydrogens (tertiary/aromatic N) is 3. The van der Waals surface area contributed by atoms with Crippen LogP contribution in [0.1, 0.15) is 12.7 Å². The number of morpholine rings is 1. The van der Waals surface area contributed by atoms with Gasteiger partial charge in [0.1, 0.15) is 17.5 Å². The van der Waals surface area contributed by atoms with Gasteiger partial charge in [0.25, 0.3) is 0 Å². The second-order valence-corrected chi connectivity index (χ2v) is 4.77. The van der Waals surface area contributed by atoms with E-state index < -0.39 is 0 Å². The minimum Gasteiger partial charge on any atom is -0.374 e. The Kier molecular flexibility index (Phi) is 4.93. The fourth-order valence-electron chi connectivity index (χ4n) is 2.16. The van der Waals surface area contributed by atoms with E-state index in [0.29, 0.717) is 0 Å². The topological polar surface area (TPSA) is 62.3 Å². The summed E-state index contributed by atoms with van der Waals surface area (Å²) in [4.78, 5) is 11.0. The highest BCUT2D eigenvalue weighted by molar-refractivity contribution is 5.49. The van der Waals surface area contributed by atoms with Crippen LogP contribution in [0, 0.1) is 6.92 Å². The summed E-state index contributed by atoms with van der Waals surface area (Å²) in [7, 11) is 2.04. The van der Waals surface area contributed by atoms with Gasteiger partial charge >= 0.3 is 0 Å². The van der Waals surface area contributed by atoms with Crippen molar-refractivity contribution in [2.75, 3.05) is 50.1 Å². The van der Waals surface area contributed by atoms with Crippen molar-refractivity contribution in [2.24, 2.45) is 0 Å². The molecule has 0 saturated carbocycles. The fraction of sp³-hybridized carbons (Fsp3) is 0.692. The maximum Gasteiger partial charge on any atom is 0.134 e. The number of anilines is 2. The molecule has 1 unspecified atom stereocenters. The molecule has 0 bridgehead atoms. The molecule has 1 aliphatic heterocycles. The summed E-state index contributed by atoms with van der Waals surface area (Å²) in [5.41, 5.74) is 0. The third kappa shape index (κ3) is 4.04. The Bertz CT molecular complexity index is 406. The molecular formula is C13H23N5O. The summed E-state index contributed by atoms with van der Waals surface area (Å²) >= 11 is 0. The molecule has 6 nitrogen and oxygen atoms in total. The summed E-state index contributed by atoms with van der Waals surface area (Å²) in [5, 5.41) is 6.56. The van der Waals surface area contributed by atoms with E-state index in [-0.39, 0.29) is 6.10 Å². The van der Waals surface area contributed by atoms with Crippen molar-refractivity contribution in [3.63, 3.8) is 0 Å². The van der Waals surface area contributed by atoms with Crippen LogP contribution in [0.25, 0.3) is 0 Å². The van der Waals surface area contributed by atoms with E-state index >= 15 is 0 Å². The molecule has 6 heteroatoms. The van der Waals surface area contributed by atoms with Crippen molar-refractivity contribution < 1.29 is 4.74 Å². The molecule has 1 atom stereocenters. The normalized spacial score (nSPS) is 19.2. The highest BCUT2D eigenvalue weighted by atomic mass is 16.5. The molecule has 19 heavy (non-hydrogen) atoms. The summed E-state index contributed by atoms with van der Waals surface area (Å²) in [6.45, 7) is 8.28. The Morgan fingerprint density at radius 1 is 1.53 bits per heavy atom. The molecule has 0 aliphatic carbocycles. The van der Waals surface area contributed by atoms with Crippen LogP contribution < -0.4 is 15.5 Å². The lowest BCUT2D eigenvalue weighted by atomic mass is 10.3. The predicted molar refractivity (Wildman–Crippen MR) is 76.8 cm³/mol. The molecular weight excluding hydrogens is 242 g/mol. The number of hydrogen-bond donors (Lipinski definition) is 2. The smallest absolute Gasteiger partial charge is 0.134 e. The standard InChI is InChI=1S/C13H23N5O/c1-4-15-12-7-13(17-10(2)16-12)18(3)9-11-8-14-5-6-19-11/h7,11,14H,4-6,8-9H2,1-3H3,(H,15,16,17). The summed E-state index contributed by atoms with van der Waals surface area (Å²) in [5.74, 6) is 2.58. The average molecular weight is 265 g/mol. The molecule has 2 N–H and O–H groups in total. The third-order valence-electron chi connectivity index (χ3n) is 3.06. The van der Waals surface area contributed by atoms with Crippen LogP contribution in [-0.2, 0) is 4.74 Å². The van der Waals surface area contributed by atoms with E-state index in [1.54, 1.807) is 0 Å². The van der Waals surface area contributed by atoms with Crippen LogP contribution in [0.2, 0.25) is 0 Å². The lowest BCUT2D eigenvalue weighted by Crippen LogP contribution is -2.44. The van der Waals surface area contributed by atoms with Gasteiger partial charge in [0.15, 0.2) is 0 Å². The zero-order valence-electron chi connectivity index (χ0n) is 11.9. The molecule has 2 heterocycles. The molecule has 1 aliphatic rings. The summed E-state index contributed by atoms with van der Waals surface area (Å²) < 4.78 is 5.71. The number of nitrogens with one attached hydrogen (secondary N) is 2. The van der Waals surface area contributed by atoms with E-state index in [9.17, 15) is 0 Å². The largest absolute Gasteiger partial charge is 0.374 e. The molecule has 0 radical (unpaired) electrons. The van der Waals surface area contributed by atoms with Crippen molar-refractivity contribution in [1.82, 2.24) is 15.3 Å². The van der Waals surface area contributed by atoms with Gasteiger partial charge in [-0.05, 0) is 13.8 Å². The molecule has 106 valence electrons. The van der Waals surface area contributed by atoms with Crippen LogP contribution in [-0.4, -0.2) is 55.9 Å². The Labute approximate surface area is 114 Å². The second kappa shape index (κ2) is 6.68. The highest BCUT2D eigenvalue weighted by Crippen LogP contribution is 2.15. The van der Waals surface area contributed by atoms with Gasteiger partial charge in [-0.2, -0.15) is 0 Å². The van der Waals surface area contributed by atoms with Crippen LogP contribution in [0.15, 0.2) is 6.07 Å². The second-order valence-electron chi connectivity index (χ2n) is 4.77. The molecule has 1 fully saturated rings. The number of aromatic nitrogens is 2. The first-order valence-electron chi connectivity index (χ1n) is 6.82. The monoisotopic (exact) mass is 265 g/mol. The minimum absolute atomic E-state index is 0.219. The average Bonchev–Trinajstić information content (AvgIpc) is 2.39. The summed E-state index contributed by atoms with van der Waals surface area (Å²) in [6.07, 6.45) is 0.219. The number of ether oxygens (including phenoxy) is 1. The number of likely N-dealkylation sites (N-methyl/N-ethyl adjacent to an activating group) is 1. The Balaban J connectivity index is 2.02. The van der Waals surface area contributed by atoms with Crippen LogP contribution in [0.3, 0.4) is 0 Å². The first-order valence-corrected chi connectivity index (χ1v) is 6.82. The lowest BCUT2D eigenvalue weighted by molar-refractivity contribution is 0.0339. The zero-order chi connectivity index (χ0) is 13.7. The van der Waals surface area contributed by atoms with E-state index in [0.717, 1.165) is 50.2 Å². The maximum atomic E-state index is 5.71. The van der Waals surface area contributed by atoms with E-state index in [1.807, 2.05) is 20.0 Å². The SMILES string of the molecule is CCNc1cc(N(C)CC2CNCCO2)nc(C)n1. The van der Waals surface area contributed by atoms with Crippen molar-refractivity contribution >= 4 is 11.6 Å². The van der Waals surface area contributed by atoms with Gasteiger partial charge < -0.3 is 20.3 Å².